The van der Waals surface area contributed by atoms with Crippen molar-refractivity contribution in [3.05, 3.63) is 86.1 Å². The molecular weight excluding hydrogens is 694 g/mol. The molecule has 1 aromatic heterocycles. The second-order valence-corrected chi connectivity index (χ2v) is 14.2. The molecule has 2 aliphatic rings. The molecule has 258 valence electrons. The molecule has 13 heteroatoms. The maximum Gasteiger partial charge on any atom is 0.254 e. The molecule has 0 aliphatic carbocycles. The van der Waals surface area contributed by atoms with E-state index in [0.717, 1.165) is 57.4 Å². The number of aryl methyl sites for hydroxylation is 1. The Bertz CT molecular complexity index is 1540. The molecule has 2 fully saturated rings. The number of halogens is 4. The second-order valence-electron chi connectivity index (χ2n) is 12.5. The average Bonchev–Trinajstić information content (AvgIpc) is 3.59. The molecule has 2 aromatic carbocycles. The summed E-state index contributed by atoms with van der Waals surface area (Å²) in [6.07, 6.45) is 9.75. The number of benzene rings is 2. The highest BCUT2D eigenvalue weighted by Gasteiger charge is 2.30. The fraction of sp³-hybridized carbons (Fsp3) is 0.486. The maximum absolute atomic E-state index is 13.6. The predicted octanol–water partition coefficient (Wildman–Crippen LogP) is 7.68. The van der Waals surface area contributed by atoms with E-state index in [1.807, 2.05) is 29.1 Å². The average molecular weight is 737 g/mol. The molecule has 2 saturated heterocycles. The molecule has 0 spiro atoms. The Hall–Kier alpha value is -2.82. The third-order valence-electron chi connectivity index (χ3n) is 9.06. The lowest BCUT2D eigenvalue weighted by atomic mass is 9.89. The van der Waals surface area contributed by atoms with Crippen LogP contribution in [0.2, 0.25) is 20.1 Å². The van der Waals surface area contributed by atoms with Gasteiger partial charge >= 0.3 is 0 Å². The zero-order chi connectivity index (χ0) is 34.0. The van der Waals surface area contributed by atoms with Crippen LogP contribution in [-0.4, -0.2) is 94.4 Å². The zero-order valence-corrected chi connectivity index (χ0v) is 30.2. The molecule has 9 nitrogen and oxygen atoms in total. The first-order chi connectivity index (χ1) is 23.2. The molecule has 0 saturated carbocycles. The number of rotatable bonds is 14. The number of carbonyl (C=O) groups is 2. The quantitative estimate of drug-likeness (QED) is 0.0964. The molecule has 0 radical (unpaired) electrons. The molecule has 5 rings (SSSR count). The van der Waals surface area contributed by atoms with Crippen LogP contribution in [0.15, 0.2) is 60.0 Å². The normalized spacial score (nSPS) is 17.1. The first-order valence-electron chi connectivity index (χ1n) is 16.5. The first kappa shape index (κ1) is 36.5. The minimum Gasteiger partial charge on any atom is -0.396 e. The molecule has 1 unspecified atom stereocenters. The Kier molecular flexibility index (Phi) is 13.5. The third kappa shape index (κ3) is 10.1. The van der Waals surface area contributed by atoms with Crippen LogP contribution in [0.4, 0.5) is 0 Å². The van der Waals surface area contributed by atoms with Crippen LogP contribution >= 0.6 is 46.4 Å². The van der Waals surface area contributed by atoms with Crippen LogP contribution < -0.4 is 0 Å². The minimum absolute atomic E-state index is 0.201. The van der Waals surface area contributed by atoms with E-state index in [-0.39, 0.29) is 18.4 Å². The second kappa shape index (κ2) is 17.7. The van der Waals surface area contributed by atoms with Crippen molar-refractivity contribution in [2.75, 3.05) is 46.4 Å². The van der Waals surface area contributed by atoms with Crippen LogP contribution in [0.1, 0.15) is 66.8 Å². The van der Waals surface area contributed by atoms with Gasteiger partial charge in [0.1, 0.15) is 6.61 Å². The van der Waals surface area contributed by atoms with Gasteiger partial charge in [-0.1, -0.05) is 57.6 Å². The topological polar surface area (TPSA) is 83.3 Å². The van der Waals surface area contributed by atoms with Crippen LogP contribution in [0.5, 0.6) is 0 Å². The van der Waals surface area contributed by atoms with Gasteiger partial charge in [0.05, 0.1) is 22.3 Å². The molecule has 2 aliphatic heterocycles. The number of carbonyl (C=O) groups excluding carboxylic acids is 2. The summed E-state index contributed by atoms with van der Waals surface area (Å²) in [4.78, 5) is 38.2. The van der Waals surface area contributed by atoms with Gasteiger partial charge in [0.2, 0.25) is 5.91 Å². The van der Waals surface area contributed by atoms with Crippen LogP contribution in [0.25, 0.3) is 0 Å². The highest BCUT2D eigenvalue weighted by molar-refractivity contribution is 6.42. The van der Waals surface area contributed by atoms with Crippen molar-refractivity contribution in [2.24, 2.45) is 5.16 Å². The molecule has 3 heterocycles. The highest BCUT2D eigenvalue weighted by atomic mass is 35.5. The minimum atomic E-state index is -0.243. The SMILES string of the molecule is CN(C/C(=N\OCCCn1cccn1)C(CCN1CCC(N2CCCCC2=O)CC1)c1ccc(Cl)c(Cl)c1)C(=O)c1cc(Cl)cc(Cl)c1. The van der Waals surface area contributed by atoms with E-state index in [4.69, 9.17) is 51.2 Å². The lowest BCUT2D eigenvalue weighted by Crippen LogP contribution is -2.49. The van der Waals surface area contributed by atoms with Crippen LogP contribution in [0, 0.1) is 0 Å². The smallest absolute Gasteiger partial charge is 0.254 e. The van der Waals surface area contributed by atoms with E-state index < -0.39 is 0 Å². The summed E-state index contributed by atoms with van der Waals surface area (Å²) in [7, 11) is 1.73. The fourth-order valence-electron chi connectivity index (χ4n) is 6.50. The first-order valence-corrected chi connectivity index (χ1v) is 18.0. The predicted molar refractivity (Wildman–Crippen MR) is 192 cm³/mol. The highest BCUT2D eigenvalue weighted by Crippen LogP contribution is 2.31. The van der Waals surface area contributed by atoms with Gasteiger partial charge in [-0.15, -0.1) is 0 Å². The standard InChI is InChI=1S/C35H42Cl4N6O3/c1-42(35(47)26-20-27(36)23-28(37)21-26)24-33(41-48-19-5-14-44-13-4-12-40-44)30(25-7-8-31(38)32(39)22-25)11-18-43-16-9-29(10-17-43)45-15-3-2-6-34(45)46/h4,7-8,12-13,20-23,29-30H,2-3,5-6,9-11,14-19,24H2,1H3/b41-33+. The molecule has 1 atom stereocenters. The van der Waals surface area contributed by atoms with Crippen molar-refractivity contribution in [2.45, 2.75) is 63.5 Å². The Morgan fingerprint density at radius 2 is 1.79 bits per heavy atom. The number of amides is 2. The molecule has 2 amide bonds. The molecule has 3 aromatic rings. The number of oxime groups is 1. The van der Waals surface area contributed by atoms with Gasteiger partial charge < -0.3 is 19.5 Å². The number of hydrogen-bond acceptors (Lipinski definition) is 6. The van der Waals surface area contributed by atoms with Gasteiger partial charge in [-0.25, -0.2) is 0 Å². The summed E-state index contributed by atoms with van der Waals surface area (Å²) in [6.45, 7) is 4.76. The number of nitrogens with zero attached hydrogens (tertiary/aromatic N) is 6. The van der Waals surface area contributed by atoms with Crippen LogP contribution in [-0.2, 0) is 16.2 Å². The summed E-state index contributed by atoms with van der Waals surface area (Å²) in [5.41, 5.74) is 2.00. The Balaban J connectivity index is 1.33. The summed E-state index contributed by atoms with van der Waals surface area (Å²) < 4.78 is 1.85. The summed E-state index contributed by atoms with van der Waals surface area (Å²) in [5, 5.41) is 10.6. The molecule has 0 bridgehead atoms. The van der Waals surface area contributed by atoms with Gasteiger partial charge in [0.15, 0.2) is 0 Å². The lowest BCUT2D eigenvalue weighted by Gasteiger charge is -2.40. The maximum atomic E-state index is 13.6. The zero-order valence-electron chi connectivity index (χ0n) is 27.2. The van der Waals surface area contributed by atoms with E-state index in [2.05, 4.69) is 20.1 Å². The Morgan fingerprint density at radius 3 is 2.48 bits per heavy atom. The van der Waals surface area contributed by atoms with E-state index in [1.165, 1.54) is 0 Å². The van der Waals surface area contributed by atoms with Gasteiger partial charge in [0.25, 0.3) is 5.91 Å². The van der Waals surface area contributed by atoms with Gasteiger partial charge in [0, 0.05) is 86.0 Å². The summed E-state index contributed by atoms with van der Waals surface area (Å²) in [6, 6.07) is 12.6. The third-order valence-corrected chi connectivity index (χ3v) is 10.2. The van der Waals surface area contributed by atoms with Crippen molar-refractivity contribution in [3.8, 4) is 0 Å². The van der Waals surface area contributed by atoms with E-state index >= 15 is 0 Å². The summed E-state index contributed by atoms with van der Waals surface area (Å²) >= 11 is 25.3. The van der Waals surface area contributed by atoms with Crippen LogP contribution in [0.3, 0.4) is 0 Å². The molecule has 0 N–H and O–H groups in total. The lowest BCUT2D eigenvalue weighted by molar-refractivity contribution is -0.136. The van der Waals surface area contributed by atoms with Gasteiger partial charge in [-0.3, -0.25) is 14.3 Å². The molecule has 48 heavy (non-hydrogen) atoms. The number of likely N-dealkylation sites (tertiary alicyclic amines) is 2. The van der Waals surface area contributed by atoms with E-state index in [1.54, 1.807) is 42.4 Å². The largest absolute Gasteiger partial charge is 0.396 e. The van der Waals surface area contributed by atoms with Gasteiger partial charge in [-0.2, -0.15) is 5.10 Å². The number of piperidine rings is 2. The number of aromatic nitrogens is 2. The van der Waals surface area contributed by atoms with Crippen molar-refractivity contribution >= 4 is 63.9 Å². The van der Waals surface area contributed by atoms with E-state index in [9.17, 15) is 9.59 Å². The fourth-order valence-corrected chi connectivity index (χ4v) is 7.33. The van der Waals surface area contributed by atoms with Crippen molar-refractivity contribution in [3.63, 3.8) is 0 Å². The van der Waals surface area contributed by atoms with Crippen molar-refractivity contribution in [1.29, 1.82) is 0 Å². The molecular formula is C35H42Cl4N6O3. The monoisotopic (exact) mass is 734 g/mol. The Labute approximate surface area is 302 Å². The van der Waals surface area contributed by atoms with Crippen molar-refractivity contribution < 1.29 is 14.4 Å². The summed E-state index contributed by atoms with van der Waals surface area (Å²) in [5.74, 6) is -0.165. The van der Waals surface area contributed by atoms with Gasteiger partial charge in [-0.05, 0) is 80.6 Å². The van der Waals surface area contributed by atoms with Crippen molar-refractivity contribution in [1.82, 2.24) is 24.5 Å². The number of hydrogen-bond donors (Lipinski definition) is 0. The Morgan fingerprint density at radius 1 is 1.02 bits per heavy atom. The van der Waals surface area contributed by atoms with E-state index in [0.29, 0.717) is 75.7 Å².